The lowest BCUT2D eigenvalue weighted by atomic mass is 10.0. The number of nitrogens with zero attached hydrogens (tertiary/aromatic N) is 4. The van der Waals surface area contributed by atoms with Crippen LogP contribution in [0.4, 0.5) is 10.2 Å². The number of benzene rings is 1. The zero-order chi connectivity index (χ0) is 18.3. The smallest absolute Gasteiger partial charge is 0.231 e. The summed E-state index contributed by atoms with van der Waals surface area (Å²) >= 11 is 6.30. The van der Waals surface area contributed by atoms with Crippen molar-refractivity contribution in [3.63, 3.8) is 0 Å². The average Bonchev–Trinajstić information content (AvgIpc) is 3.38. The van der Waals surface area contributed by atoms with Crippen molar-refractivity contribution in [2.45, 2.75) is 12.6 Å². The maximum Gasteiger partial charge on any atom is 0.231 e. The van der Waals surface area contributed by atoms with Crippen molar-refractivity contribution < 1.29 is 9.18 Å². The Bertz CT molecular complexity index is 1080. The highest BCUT2D eigenvalue weighted by atomic mass is 35.5. The first-order valence-electron chi connectivity index (χ1n) is 7.83. The van der Waals surface area contributed by atoms with E-state index in [4.69, 9.17) is 11.6 Å². The molecule has 2 atom stereocenters. The molecular formula is C18H11ClFN5O. The molecule has 0 aliphatic heterocycles. The Hall–Kier alpha value is -3.11. The van der Waals surface area contributed by atoms with Crippen LogP contribution >= 0.6 is 11.6 Å². The summed E-state index contributed by atoms with van der Waals surface area (Å²) < 4.78 is 13.0. The molecule has 2 heterocycles. The summed E-state index contributed by atoms with van der Waals surface area (Å²) in [5, 5.41) is 20.8. The standard InChI is InChI=1S/C18H11ClFN5O/c19-14-4-10(13-8-22-2-1-9(13)7-21)3-11-5-16(24-25-17(11)14)23-18(26)12-6-15(12)20/h1-5,8,12,15H,6H2,(H,23,24,26)/t12-,15+/m1/s1. The molecule has 1 aliphatic rings. The normalized spacial score (nSPS) is 18.3. The van der Waals surface area contributed by atoms with Gasteiger partial charge in [0.2, 0.25) is 5.91 Å². The van der Waals surface area contributed by atoms with Crippen LogP contribution in [0.3, 0.4) is 0 Å². The predicted molar refractivity (Wildman–Crippen MR) is 94.1 cm³/mol. The number of rotatable bonds is 3. The molecule has 1 saturated carbocycles. The maximum absolute atomic E-state index is 13.0. The molecule has 2 aromatic heterocycles. The van der Waals surface area contributed by atoms with Crippen LogP contribution in [-0.4, -0.2) is 27.3 Å². The predicted octanol–water partition coefficient (Wildman–Crippen LogP) is 3.51. The zero-order valence-electron chi connectivity index (χ0n) is 13.3. The van der Waals surface area contributed by atoms with Crippen LogP contribution in [0.2, 0.25) is 5.02 Å². The monoisotopic (exact) mass is 367 g/mol. The van der Waals surface area contributed by atoms with E-state index in [-0.39, 0.29) is 12.2 Å². The van der Waals surface area contributed by atoms with Crippen molar-refractivity contribution in [1.29, 1.82) is 5.26 Å². The first-order valence-corrected chi connectivity index (χ1v) is 8.21. The number of aromatic nitrogens is 3. The first-order chi connectivity index (χ1) is 12.6. The molecule has 1 N–H and O–H groups in total. The van der Waals surface area contributed by atoms with E-state index < -0.39 is 18.0 Å². The van der Waals surface area contributed by atoms with Crippen LogP contribution in [0.25, 0.3) is 22.0 Å². The van der Waals surface area contributed by atoms with E-state index in [1.54, 1.807) is 36.7 Å². The van der Waals surface area contributed by atoms with Crippen molar-refractivity contribution in [2.75, 3.05) is 5.32 Å². The van der Waals surface area contributed by atoms with Gasteiger partial charge in [0.15, 0.2) is 5.82 Å². The van der Waals surface area contributed by atoms with Crippen LogP contribution in [0, 0.1) is 17.2 Å². The molecule has 1 aliphatic carbocycles. The molecule has 1 amide bonds. The van der Waals surface area contributed by atoms with Gasteiger partial charge in [-0.3, -0.25) is 9.78 Å². The third kappa shape index (κ3) is 2.95. The van der Waals surface area contributed by atoms with E-state index in [2.05, 4.69) is 26.6 Å². The van der Waals surface area contributed by atoms with Gasteiger partial charge in [-0.2, -0.15) is 5.26 Å². The number of fused-ring (bicyclic) bond motifs is 1. The molecule has 128 valence electrons. The number of hydrogen-bond donors (Lipinski definition) is 1. The van der Waals surface area contributed by atoms with Crippen LogP contribution in [0.15, 0.2) is 36.7 Å². The average molecular weight is 368 g/mol. The molecule has 1 fully saturated rings. The summed E-state index contributed by atoms with van der Waals surface area (Å²) in [5.74, 6) is -0.801. The molecule has 8 heteroatoms. The van der Waals surface area contributed by atoms with Gasteiger partial charge in [0.1, 0.15) is 11.7 Å². The summed E-state index contributed by atoms with van der Waals surface area (Å²) in [6.45, 7) is 0. The van der Waals surface area contributed by atoms with Gasteiger partial charge in [0.05, 0.1) is 22.6 Å². The van der Waals surface area contributed by atoms with E-state index in [0.717, 1.165) is 0 Å². The molecule has 26 heavy (non-hydrogen) atoms. The quantitative estimate of drug-likeness (QED) is 0.764. The Balaban J connectivity index is 1.75. The van der Waals surface area contributed by atoms with Gasteiger partial charge >= 0.3 is 0 Å². The lowest BCUT2D eigenvalue weighted by molar-refractivity contribution is -0.117. The van der Waals surface area contributed by atoms with E-state index in [9.17, 15) is 14.4 Å². The number of pyridine rings is 1. The Kier molecular flexibility index (Phi) is 3.98. The first kappa shape index (κ1) is 16.4. The molecular weight excluding hydrogens is 357 g/mol. The lowest BCUT2D eigenvalue weighted by Crippen LogP contribution is -2.16. The van der Waals surface area contributed by atoms with Crippen LogP contribution < -0.4 is 5.32 Å². The molecule has 4 rings (SSSR count). The Morgan fingerprint density at radius 1 is 1.35 bits per heavy atom. The van der Waals surface area contributed by atoms with E-state index in [1.165, 1.54) is 0 Å². The number of nitrogens with one attached hydrogen (secondary N) is 1. The number of carbonyl (C=O) groups is 1. The Morgan fingerprint density at radius 3 is 2.88 bits per heavy atom. The fraction of sp³-hybridized carbons (Fsp3) is 0.167. The third-order valence-electron chi connectivity index (χ3n) is 4.20. The lowest BCUT2D eigenvalue weighted by Gasteiger charge is -2.08. The van der Waals surface area contributed by atoms with Gasteiger partial charge in [0, 0.05) is 23.3 Å². The number of halogens is 2. The van der Waals surface area contributed by atoms with Crippen molar-refractivity contribution in [2.24, 2.45) is 5.92 Å². The molecule has 0 unspecified atom stereocenters. The van der Waals surface area contributed by atoms with E-state index >= 15 is 0 Å². The maximum atomic E-state index is 13.0. The van der Waals surface area contributed by atoms with Crippen LogP contribution in [0.5, 0.6) is 0 Å². The fourth-order valence-corrected chi connectivity index (χ4v) is 2.97. The van der Waals surface area contributed by atoms with E-state index in [0.29, 0.717) is 32.6 Å². The van der Waals surface area contributed by atoms with Crippen molar-refractivity contribution in [3.8, 4) is 17.2 Å². The summed E-state index contributed by atoms with van der Waals surface area (Å²) in [6, 6.07) is 8.83. The third-order valence-corrected chi connectivity index (χ3v) is 4.48. The van der Waals surface area contributed by atoms with Gasteiger partial charge in [-0.1, -0.05) is 11.6 Å². The molecule has 0 spiro atoms. The zero-order valence-corrected chi connectivity index (χ0v) is 14.0. The molecule has 0 bridgehead atoms. The highest BCUT2D eigenvalue weighted by Crippen LogP contribution is 2.35. The highest BCUT2D eigenvalue weighted by molar-refractivity contribution is 6.35. The topological polar surface area (TPSA) is 91.6 Å². The number of alkyl halides is 1. The summed E-state index contributed by atoms with van der Waals surface area (Å²) in [7, 11) is 0. The van der Waals surface area contributed by atoms with E-state index in [1.807, 2.05) is 0 Å². The second kappa shape index (κ2) is 6.32. The summed E-state index contributed by atoms with van der Waals surface area (Å²) in [4.78, 5) is 15.9. The minimum Gasteiger partial charge on any atom is -0.309 e. The SMILES string of the molecule is N#Cc1ccncc1-c1cc(Cl)c2nnc(NC(=O)[C@@H]3C[C@@H]3F)cc2c1. The number of nitriles is 1. The Morgan fingerprint density at radius 2 is 2.15 bits per heavy atom. The van der Waals surface area contributed by atoms with Gasteiger partial charge < -0.3 is 5.32 Å². The molecule has 6 nitrogen and oxygen atoms in total. The highest BCUT2D eigenvalue weighted by Gasteiger charge is 2.43. The van der Waals surface area contributed by atoms with Gasteiger partial charge in [-0.05, 0) is 36.2 Å². The minimum absolute atomic E-state index is 0.224. The second-order valence-electron chi connectivity index (χ2n) is 6.01. The summed E-state index contributed by atoms with van der Waals surface area (Å²) in [5.41, 5.74) is 2.27. The number of carbonyl (C=O) groups excluding carboxylic acids is 1. The van der Waals surface area contributed by atoms with Gasteiger partial charge in [0.25, 0.3) is 0 Å². The molecule has 0 saturated heterocycles. The van der Waals surface area contributed by atoms with Crippen molar-refractivity contribution in [1.82, 2.24) is 15.2 Å². The van der Waals surface area contributed by atoms with Crippen molar-refractivity contribution >= 4 is 34.2 Å². The number of amides is 1. The number of anilines is 1. The van der Waals surface area contributed by atoms with Gasteiger partial charge in [-0.25, -0.2) is 4.39 Å². The fourth-order valence-electron chi connectivity index (χ4n) is 2.71. The molecule has 1 aromatic carbocycles. The summed E-state index contributed by atoms with van der Waals surface area (Å²) in [6.07, 6.45) is 2.28. The molecule has 3 aromatic rings. The minimum atomic E-state index is -1.08. The number of hydrogen-bond acceptors (Lipinski definition) is 5. The largest absolute Gasteiger partial charge is 0.309 e. The van der Waals surface area contributed by atoms with Crippen LogP contribution in [-0.2, 0) is 4.79 Å². The Labute approximate surface area is 152 Å². The molecule has 0 radical (unpaired) electrons. The second-order valence-corrected chi connectivity index (χ2v) is 6.41. The van der Waals surface area contributed by atoms with Crippen molar-refractivity contribution in [3.05, 3.63) is 47.2 Å². The van der Waals surface area contributed by atoms with Gasteiger partial charge in [-0.15, -0.1) is 10.2 Å². The van der Waals surface area contributed by atoms with Crippen LogP contribution in [0.1, 0.15) is 12.0 Å².